The van der Waals surface area contributed by atoms with Gasteiger partial charge in [-0.15, -0.1) is 0 Å². The van der Waals surface area contributed by atoms with Gasteiger partial charge in [0.2, 0.25) is 5.91 Å². The molecule has 1 amide bonds. The predicted octanol–water partition coefficient (Wildman–Crippen LogP) is 1.89. The molecule has 2 rings (SSSR count). The number of hydrogen-bond donors (Lipinski definition) is 2. The van der Waals surface area contributed by atoms with Gasteiger partial charge < -0.3 is 5.32 Å². The van der Waals surface area contributed by atoms with Crippen LogP contribution in [0.4, 0.5) is 0 Å². The van der Waals surface area contributed by atoms with Gasteiger partial charge in [0.15, 0.2) is 0 Å². The molecule has 4 heteroatoms. The van der Waals surface area contributed by atoms with Gasteiger partial charge in [-0.25, -0.2) is 0 Å². The molecule has 0 saturated heterocycles. The average molecular weight is 243 g/mol. The molecule has 0 aliphatic rings. The molecule has 1 aromatic carbocycles. The lowest BCUT2D eigenvalue weighted by Gasteiger charge is -2.05. The van der Waals surface area contributed by atoms with Crippen molar-refractivity contribution in [1.82, 2.24) is 15.5 Å². The Kier molecular flexibility index (Phi) is 3.77. The Hall–Kier alpha value is -2.10. The summed E-state index contributed by atoms with van der Waals surface area (Å²) in [6, 6.07) is 7.99. The van der Waals surface area contributed by atoms with Gasteiger partial charge in [0.25, 0.3) is 0 Å². The van der Waals surface area contributed by atoms with E-state index in [0.29, 0.717) is 13.0 Å². The first kappa shape index (κ1) is 12.4. The minimum absolute atomic E-state index is 0.0289. The summed E-state index contributed by atoms with van der Waals surface area (Å²) in [5, 5.41) is 9.66. The van der Waals surface area contributed by atoms with Crippen molar-refractivity contribution in [3.8, 4) is 0 Å². The summed E-state index contributed by atoms with van der Waals surface area (Å²) in [6.07, 6.45) is 2.15. The highest BCUT2D eigenvalue weighted by molar-refractivity contribution is 5.78. The van der Waals surface area contributed by atoms with Crippen LogP contribution >= 0.6 is 0 Å². The van der Waals surface area contributed by atoms with E-state index in [4.69, 9.17) is 0 Å². The number of carbonyl (C=O) groups is 1. The quantitative estimate of drug-likeness (QED) is 0.861. The number of aromatic amines is 1. The second-order valence-corrected chi connectivity index (χ2v) is 4.46. The standard InChI is InChI=1S/C14H17N3O/c1-10-4-3-5-12(6-10)7-14(18)15-8-13-9-16-17-11(13)2/h3-6,9H,7-8H2,1-2H3,(H,15,18)(H,16,17). The highest BCUT2D eigenvalue weighted by Crippen LogP contribution is 2.05. The number of aromatic nitrogens is 2. The smallest absolute Gasteiger partial charge is 0.224 e. The van der Waals surface area contributed by atoms with Crippen molar-refractivity contribution in [2.75, 3.05) is 0 Å². The maximum atomic E-state index is 11.8. The lowest BCUT2D eigenvalue weighted by atomic mass is 10.1. The first-order valence-corrected chi connectivity index (χ1v) is 5.96. The normalized spacial score (nSPS) is 10.3. The molecule has 0 spiro atoms. The van der Waals surface area contributed by atoms with Gasteiger partial charge in [0, 0.05) is 17.8 Å². The topological polar surface area (TPSA) is 57.8 Å². The number of nitrogens with one attached hydrogen (secondary N) is 2. The molecule has 0 aliphatic carbocycles. The van der Waals surface area contributed by atoms with Crippen LogP contribution in [0.2, 0.25) is 0 Å². The fourth-order valence-electron chi connectivity index (χ4n) is 1.82. The summed E-state index contributed by atoms with van der Waals surface area (Å²) in [4.78, 5) is 11.8. The van der Waals surface area contributed by atoms with Gasteiger partial charge in [-0.2, -0.15) is 5.10 Å². The zero-order valence-corrected chi connectivity index (χ0v) is 10.7. The van der Waals surface area contributed by atoms with E-state index in [1.807, 2.05) is 38.1 Å². The molecule has 0 bridgehead atoms. The molecule has 18 heavy (non-hydrogen) atoms. The Balaban J connectivity index is 1.88. The van der Waals surface area contributed by atoms with Crippen molar-refractivity contribution in [3.05, 3.63) is 52.8 Å². The minimum Gasteiger partial charge on any atom is -0.352 e. The van der Waals surface area contributed by atoms with Crippen LogP contribution in [0.5, 0.6) is 0 Å². The van der Waals surface area contributed by atoms with E-state index >= 15 is 0 Å². The number of aryl methyl sites for hydroxylation is 2. The number of H-pyrrole nitrogens is 1. The zero-order chi connectivity index (χ0) is 13.0. The molecule has 1 aromatic heterocycles. The third-order valence-electron chi connectivity index (χ3n) is 2.86. The number of rotatable bonds is 4. The van der Waals surface area contributed by atoms with Crippen LogP contribution in [0.3, 0.4) is 0 Å². The zero-order valence-electron chi connectivity index (χ0n) is 10.7. The number of carbonyl (C=O) groups excluding carboxylic acids is 1. The summed E-state index contributed by atoms with van der Waals surface area (Å²) in [5.41, 5.74) is 4.22. The molecule has 0 radical (unpaired) electrons. The highest BCUT2D eigenvalue weighted by atomic mass is 16.1. The minimum atomic E-state index is 0.0289. The van der Waals surface area contributed by atoms with Crippen molar-refractivity contribution in [2.24, 2.45) is 0 Å². The number of amides is 1. The Bertz CT molecular complexity index is 545. The first-order valence-electron chi connectivity index (χ1n) is 5.96. The predicted molar refractivity (Wildman–Crippen MR) is 70.1 cm³/mol. The van der Waals surface area contributed by atoms with Crippen LogP contribution in [0.1, 0.15) is 22.4 Å². The fourth-order valence-corrected chi connectivity index (χ4v) is 1.82. The van der Waals surface area contributed by atoms with Crippen molar-refractivity contribution in [3.63, 3.8) is 0 Å². The summed E-state index contributed by atoms with van der Waals surface area (Å²) in [5.74, 6) is 0.0289. The van der Waals surface area contributed by atoms with E-state index in [2.05, 4.69) is 15.5 Å². The van der Waals surface area contributed by atoms with Crippen LogP contribution < -0.4 is 5.32 Å². The van der Waals surface area contributed by atoms with Gasteiger partial charge in [-0.1, -0.05) is 29.8 Å². The molecule has 2 aromatic rings. The number of hydrogen-bond acceptors (Lipinski definition) is 2. The Morgan fingerprint density at radius 1 is 1.39 bits per heavy atom. The molecule has 0 unspecified atom stereocenters. The summed E-state index contributed by atoms with van der Waals surface area (Å²) >= 11 is 0. The van der Waals surface area contributed by atoms with E-state index in [0.717, 1.165) is 16.8 Å². The van der Waals surface area contributed by atoms with E-state index < -0.39 is 0 Å². The molecule has 94 valence electrons. The van der Waals surface area contributed by atoms with Crippen molar-refractivity contribution in [1.29, 1.82) is 0 Å². The lowest BCUT2D eigenvalue weighted by molar-refractivity contribution is -0.120. The van der Waals surface area contributed by atoms with Gasteiger partial charge >= 0.3 is 0 Å². The summed E-state index contributed by atoms with van der Waals surface area (Å²) < 4.78 is 0. The Labute approximate surface area is 106 Å². The summed E-state index contributed by atoms with van der Waals surface area (Å²) in [6.45, 7) is 4.48. The van der Waals surface area contributed by atoms with Crippen LogP contribution in [0.15, 0.2) is 30.5 Å². The van der Waals surface area contributed by atoms with Crippen molar-refractivity contribution >= 4 is 5.91 Å². The average Bonchev–Trinajstić information content (AvgIpc) is 2.72. The molecule has 2 N–H and O–H groups in total. The van der Waals surface area contributed by atoms with Crippen LogP contribution in [-0.4, -0.2) is 16.1 Å². The van der Waals surface area contributed by atoms with E-state index in [1.165, 1.54) is 5.56 Å². The molecule has 0 aliphatic heterocycles. The maximum absolute atomic E-state index is 11.8. The molecule has 0 fully saturated rings. The van der Waals surface area contributed by atoms with Gasteiger partial charge in [0.1, 0.15) is 0 Å². The fraction of sp³-hybridized carbons (Fsp3) is 0.286. The van der Waals surface area contributed by atoms with E-state index in [1.54, 1.807) is 6.20 Å². The van der Waals surface area contributed by atoms with E-state index in [9.17, 15) is 4.79 Å². The Morgan fingerprint density at radius 2 is 2.22 bits per heavy atom. The third-order valence-corrected chi connectivity index (χ3v) is 2.86. The molecular weight excluding hydrogens is 226 g/mol. The van der Waals surface area contributed by atoms with Gasteiger partial charge in [-0.05, 0) is 19.4 Å². The molecule has 1 heterocycles. The second-order valence-electron chi connectivity index (χ2n) is 4.46. The Morgan fingerprint density at radius 3 is 2.89 bits per heavy atom. The summed E-state index contributed by atoms with van der Waals surface area (Å²) in [7, 11) is 0. The SMILES string of the molecule is Cc1cccc(CC(=O)NCc2cn[nH]c2C)c1. The third kappa shape index (κ3) is 3.20. The van der Waals surface area contributed by atoms with Gasteiger partial charge in [-0.3, -0.25) is 9.89 Å². The van der Waals surface area contributed by atoms with Crippen LogP contribution in [0.25, 0.3) is 0 Å². The van der Waals surface area contributed by atoms with Crippen LogP contribution in [-0.2, 0) is 17.8 Å². The monoisotopic (exact) mass is 243 g/mol. The highest BCUT2D eigenvalue weighted by Gasteiger charge is 2.05. The second kappa shape index (κ2) is 5.49. The maximum Gasteiger partial charge on any atom is 0.224 e. The lowest BCUT2D eigenvalue weighted by Crippen LogP contribution is -2.24. The van der Waals surface area contributed by atoms with Gasteiger partial charge in [0.05, 0.1) is 12.6 Å². The number of nitrogens with zero attached hydrogens (tertiary/aromatic N) is 1. The largest absolute Gasteiger partial charge is 0.352 e. The first-order chi connectivity index (χ1) is 8.65. The molecule has 0 atom stereocenters. The molecule has 4 nitrogen and oxygen atoms in total. The van der Waals surface area contributed by atoms with Crippen molar-refractivity contribution < 1.29 is 4.79 Å². The van der Waals surface area contributed by atoms with Crippen LogP contribution in [0, 0.1) is 13.8 Å². The number of benzene rings is 1. The van der Waals surface area contributed by atoms with E-state index in [-0.39, 0.29) is 5.91 Å². The molecule has 0 saturated carbocycles. The van der Waals surface area contributed by atoms with Crippen molar-refractivity contribution in [2.45, 2.75) is 26.8 Å². The molecular formula is C14H17N3O.